The number of piperidine rings is 3. The molecule has 1 N–H and O–H groups in total. The topological polar surface area (TPSA) is 58.1 Å². The van der Waals surface area contributed by atoms with Gasteiger partial charge in [0.15, 0.2) is 0 Å². The maximum atomic E-state index is 11.2. The summed E-state index contributed by atoms with van der Waals surface area (Å²) in [5.74, 6) is 2.14. The van der Waals surface area contributed by atoms with Crippen molar-refractivity contribution in [2.75, 3.05) is 26.8 Å². The molecule has 5 heteroatoms. The van der Waals surface area contributed by atoms with Crippen LogP contribution in [0.15, 0.2) is 30.5 Å². The number of methoxy groups -OCH3 is 1. The SMILES string of the molecule is COc1ccc2nccc([C@@H](O)[C@@H]3C[C@@H]4CCN3C[C@@H]4C3CO3)c2c1. The van der Waals surface area contributed by atoms with Gasteiger partial charge in [-0.05, 0) is 55.1 Å². The summed E-state index contributed by atoms with van der Waals surface area (Å²) >= 11 is 0. The van der Waals surface area contributed by atoms with E-state index in [0.29, 0.717) is 17.9 Å². The number of pyridine rings is 1. The van der Waals surface area contributed by atoms with Gasteiger partial charge in [0.2, 0.25) is 0 Å². The molecule has 5 heterocycles. The molecule has 6 atom stereocenters. The van der Waals surface area contributed by atoms with Crippen LogP contribution in [0.25, 0.3) is 10.9 Å². The molecule has 0 amide bonds. The van der Waals surface area contributed by atoms with E-state index in [9.17, 15) is 5.11 Å². The lowest BCUT2D eigenvalue weighted by Crippen LogP contribution is -2.56. The van der Waals surface area contributed by atoms with Crippen LogP contribution in [0.3, 0.4) is 0 Å². The number of aromatic nitrogens is 1. The van der Waals surface area contributed by atoms with E-state index < -0.39 is 6.10 Å². The molecule has 2 unspecified atom stereocenters. The molecule has 4 aliphatic heterocycles. The van der Waals surface area contributed by atoms with Gasteiger partial charge in [0, 0.05) is 30.1 Å². The highest BCUT2D eigenvalue weighted by molar-refractivity contribution is 5.83. The van der Waals surface area contributed by atoms with E-state index in [2.05, 4.69) is 9.88 Å². The van der Waals surface area contributed by atoms with E-state index in [1.54, 1.807) is 13.3 Å². The summed E-state index contributed by atoms with van der Waals surface area (Å²) in [6.07, 6.45) is 4.06. The van der Waals surface area contributed by atoms with E-state index in [0.717, 1.165) is 48.3 Å². The molecule has 0 saturated carbocycles. The Morgan fingerprint density at radius 2 is 2.24 bits per heavy atom. The number of aliphatic hydroxyl groups excluding tert-OH is 1. The van der Waals surface area contributed by atoms with Gasteiger partial charge in [0.1, 0.15) is 5.75 Å². The highest BCUT2D eigenvalue weighted by atomic mass is 16.6. The first-order chi connectivity index (χ1) is 12.2. The number of nitrogens with zero attached hydrogens (tertiary/aromatic N) is 2. The molecule has 1 aromatic carbocycles. The predicted molar refractivity (Wildman–Crippen MR) is 94.6 cm³/mol. The normalized spacial score (nSPS) is 34.9. The lowest BCUT2D eigenvalue weighted by Gasteiger charge is -2.51. The zero-order valence-corrected chi connectivity index (χ0v) is 14.5. The zero-order valence-electron chi connectivity index (χ0n) is 14.5. The van der Waals surface area contributed by atoms with Crippen LogP contribution >= 0.6 is 0 Å². The van der Waals surface area contributed by atoms with Gasteiger partial charge in [-0.15, -0.1) is 0 Å². The molecule has 6 rings (SSSR count). The molecule has 0 aliphatic carbocycles. The van der Waals surface area contributed by atoms with Crippen molar-refractivity contribution in [1.82, 2.24) is 9.88 Å². The quantitative estimate of drug-likeness (QED) is 0.866. The van der Waals surface area contributed by atoms with Crippen molar-refractivity contribution in [3.8, 4) is 5.75 Å². The molecule has 25 heavy (non-hydrogen) atoms. The van der Waals surface area contributed by atoms with Crippen LogP contribution < -0.4 is 4.74 Å². The first-order valence-corrected chi connectivity index (χ1v) is 9.21. The number of hydrogen-bond acceptors (Lipinski definition) is 5. The Labute approximate surface area is 147 Å². The minimum Gasteiger partial charge on any atom is -0.497 e. The minimum absolute atomic E-state index is 0.186. The fraction of sp³-hybridized carbons (Fsp3) is 0.550. The molecule has 2 bridgehead atoms. The Hall–Kier alpha value is -1.69. The van der Waals surface area contributed by atoms with Crippen LogP contribution in [0.1, 0.15) is 24.5 Å². The van der Waals surface area contributed by atoms with E-state index >= 15 is 0 Å². The first-order valence-electron chi connectivity index (χ1n) is 9.21. The summed E-state index contributed by atoms with van der Waals surface area (Å²) in [5.41, 5.74) is 1.86. The number of epoxide rings is 1. The third kappa shape index (κ3) is 2.62. The second-order valence-electron chi connectivity index (χ2n) is 7.61. The third-order valence-corrected chi connectivity index (χ3v) is 6.35. The molecule has 0 spiro atoms. The van der Waals surface area contributed by atoms with Gasteiger partial charge in [-0.2, -0.15) is 0 Å². The molecule has 132 valence electrons. The van der Waals surface area contributed by atoms with E-state index in [4.69, 9.17) is 9.47 Å². The summed E-state index contributed by atoms with van der Waals surface area (Å²) < 4.78 is 10.9. The lowest BCUT2D eigenvalue weighted by atomic mass is 9.72. The minimum atomic E-state index is -0.499. The third-order valence-electron chi connectivity index (χ3n) is 6.35. The Morgan fingerprint density at radius 3 is 2.96 bits per heavy atom. The Balaban J connectivity index is 1.46. The Kier molecular flexibility index (Phi) is 3.69. The van der Waals surface area contributed by atoms with Crippen LogP contribution in [-0.2, 0) is 4.74 Å². The monoisotopic (exact) mass is 340 g/mol. The highest BCUT2D eigenvalue weighted by Gasteiger charge is 2.48. The van der Waals surface area contributed by atoms with Crippen LogP contribution in [-0.4, -0.2) is 53.9 Å². The van der Waals surface area contributed by atoms with Gasteiger partial charge in [0.25, 0.3) is 0 Å². The van der Waals surface area contributed by atoms with Gasteiger partial charge >= 0.3 is 0 Å². The largest absolute Gasteiger partial charge is 0.497 e. The van der Waals surface area contributed by atoms with Gasteiger partial charge in [0.05, 0.1) is 31.4 Å². The van der Waals surface area contributed by atoms with Crippen molar-refractivity contribution in [1.29, 1.82) is 0 Å². The molecule has 1 aromatic heterocycles. The molecule has 5 nitrogen and oxygen atoms in total. The van der Waals surface area contributed by atoms with Crippen molar-refractivity contribution in [3.05, 3.63) is 36.0 Å². The summed E-state index contributed by atoms with van der Waals surface area (Å²) in [4.78, 5) is 6.92. The van der Waals surface area contributed by atoms with Crippen molar-refractivity contribution < 1.29 is 14.6 Å². The number of aliphatic hydroxyl groups is 1. The molecule has 2 aromatic rings. The summed E-state index contributed by atoms with van der Waals surface area (Å²) in [7, 11) is 1.67. The van der Waals surface area contributed by atoms with Crippen molar-refractivity contribution in [3.63, 3.8) is 0 Å². The van der Waals surface area contributed by atoms with Crippen LogP contribution in [0.4, 0.5) is 0 Å². The second kappa shape index (κ2) is 5.94. The fourth-order valence-electron chi connectivity index (χ4n) is 4.90. The number of fused-ring (bicyclic) bond motifs is 4. The maximum Gasteiger partial charge on any atom is 0.119 e. The van der Waals surface area contributed by atoms with Crippen molar-refractivity contribution in [2.24, 2.45) is 11.8 Å². The van der Waals surface area contributed by atoms with Crippen LogP contribution in [0, 0.1) is 11.8 Å². The summed E-state index contributed by atoms with van der Waals surface area (Å²) in [5, 5.41) is 12.2. The Bertz CT molecular complexity index is 792. The molecule has 4 saturated heterocycles. The van der Waals surface area contributed by atoms with Crippen LogP contribution in [0.2, 0.25) is 0 Å². The number of rotatable bonds is 4. The van der Waals surface area contributed by atoms with Gasteiger partial charge < -0.3 is 14.6 Å². The Morgan fingerprint density at radius 1 is 1.36 bits per heavy atom. The molecule has 4 fully saturated rings. The lowest BCUT2D eigenvalue weighted by molar-refractivity contribution is -0.0612. The predicted octanol–water partition coefficient (Wildman–Crippen LogP) is 2.39. The average Bonchev–Trinajstić information content (AvgIpc) is 3.52. The number of hydrogen-bond donors (Lipinski definition) is 1. The van der Waals surface area contributed by atoms with E-state index in [1.165, 1.54) is 6.42 Å². The molecular formula is C20H24N2O3. The second-order valence-corrected chi connectivity index (χ2v) is 7.61. The molecular weight excluding hydrogens is 316 g/mol. The number of ether oxygens (including phenoxy) is 2. The van der Waals surface area contributed by atoms with E-state index in [1.807, 2.05) is 24.3 Å². The molecule has 0 radical (unpaired) electrons. The molecule has 4 aliphatic rings. The highest BCUT2D eigenvalue weighted by Crippen LogP contribution is 2.45. The summed E-state index contributed by atoms with van der Waals surface area (Å²) in [6, 6.07) is 8.00. The van der Waals surface area contributed by atoms with Crippen LogP contribution in [0.5, 0.6) is 5.75 Å². The standard InChI is InChI=1S/C20H24N2O3/c1-24-13-2-3-17-15(9-13)14(4-6-21-17)20(23)18-8-12-5-7-22(18)10-16(12)19-11-25-19/h2-4,6,9,12,16,18-20,23H,5,7-8,10-11H2,1H3/t12-,16-,18-,19?,20+/m0/s1. The van der Waals surface area contributed by atoms with Gasteiger partial charge in [-0.1, -0.05) is 0 Å². The maximum absolute atomic E-state index is 11.2. The van der Waals surface area contributed by atoms with Crippen molar-refractivity contribution >= 4 is 10.9 Å². The van der Waals surface area contributed by atoms with Gasteiger partial charge in [-0.3, -0.25) is 9.88 Å². The smallest absolute Gasteiger partial charge is 0.119 e. The first kappa shape index (κ1) is 15.6. The van der Waals surface area contributed by atoms with E-state index in [-0.39, 0.29) is 6.04 Å². The van der Waals surface area contributed by atoms with Crippen molar-refractivity contribution in [2.45, 2.75) is 31.1 Å². The zero-order chi connectivity index (χ0) is 17.0. The number of benzene rings is 1. The average molecular weight is 340 g/mol. The summed E-state index contributed by atoms with van der Waals surface area (Å²) in [6.45, 7) is 3.07. The van der Waals surface area contributed by atoms with Gasteiger partial charge in [-0.25, -0.2) is 0 Å². The fourth-order valence-corrected chi connectivity index (χ4v) is 4.90.